The van der Waals surface area contributed by atoms with E-state index in [-0.39, 0.29) is 18.0 Å². The summed E-state index contributed by atoms with van der Waals surface area (Å²) in [6.07, 6.45) is 1.61. The first-order chi connectivity index (χ1) is 9.70. The first kappa shape index (κ1) is 13.8. The number of aliphatic hydroxyl groups excluding tert-OH is 1. The molecule has 5 nitrogen and oxygen atoms in total. The van der Waals surface area contributed by atoms with Crippen molar-refractivity contribution in [2.75, 3.05) is 11.9 Å². The Bertz CT molecular complexity index is 657. The quantitative estimate of drug-likeness (QED) is 0.837. The molecule has 0 atom stereocenters. The van der Waals surface area contributed by atoms with Crippen LogP contribution < -0.4 is 5.32 Å². The first-order valence-corrected chi connectivity index (χ1v) is 5.81. The van der Waals surface area contributed by atoms with Gasteiger partial charge in [-0.3, -0.25) is 4.79 Å². The van der Waals surface area contributed by atoms with Gasteiger partial charge in [-0.15, -0.1) is 0 Å². The molecule has 2 N–H and O–H groups in total. The number of anilines is 1. The fraction of sp³-hybridized carbons (Fsp3) is 0.143. The highest BCUT2D eigenvalue weighted by atomic mass is 19.1. The van der Waals surface area contributed by atoms with E-state index in [0.29, 0.717) is 12.0 Å². The third kappa shape index (κ3) is 3.43. The maximum Gasteiger partial charge on any atom is 0.259 e. The average Bonchev–Trinajstić information content (AvgIpc) is 2.92. The van der Waals surface area contributed by atoms with E-state index in [4.69, 9.17) is 5.11 Å². The van der Waals surface area contributed by atoms with Crippen LogP contribution in [-0.4, -0.2) is 22.8 Å². The van der Waals surface area contributed by atoms with Gasteiger partial charge >= 0.3 is 0 Å². The normalized spacial score (nSPS) is 9.70. The van der Waals surface area contributed by atoms with Crippen LogP contribution in [-0.2, 0) is 0 Å². The Labute approximate surface area is 114 Å². The largest absolute Gasteiger partial charge is 0.395 e. The lowest BCUT2D eigenvalue weighted by Gasteiger charge is -2.03. The van der Waals surface area contributed by atoms with Crippen molar-refractivity contribution >= 4 is 11.7 Å². The molecule has 0 aliphatic heterocycles. The Kier molecular flexibility index (Phi) is 4.47. The zero-order chi connectivity index (χ0) is 14.4. The van der Waals surface area contributed by atoms with Gasteiger partial charge < -0.3 is 14.9 Å². The molecule has 20 heavy (non-hydrogen) atoms. The Balaban J connectivity index is 2.13. The van der Waals surface area contributed by atoms with Crippen LogP contribution in [0.15, 0.2) is 35.1 Å². The lowest BCUT2D eigenvalue weighted by molar-refractivity contribution is 0.102. The van der Waals surface area contributed by atoms with Crippen LogP contribution in [0.1, 0.15) is 22.3 Å². The van der Waals surface area contributed by atoms with Crippen molar-refractivity contribution < 1.29 is 18.8 Å². The van der Waals surface area contributed by atoms with Crippen LogP contribution in [0, 0.1) is 17.7 Å². The molecule has 6 heteroatoms. The number of aromatic nitrogens is 1. The molecule has 0 radical (unpaired) electrons. The van der Waals surface area contributed by atoms with Gasteiger partial charge in [0.1, 0.15) is 12.1 Å². The van der Waals surface area contributed by atoms with Gasteiger partial charge in [0, 0.05) is 18.1 Å². The zero-order valence-electron chi connectivity index (χ0n) is 10.4. The lowest BCUT2D eigenvalue weighted by atomic mass is 10.1. The van der Waals surface area contributed by atoms with Gasteiger partial charge in [0.15, 0.2) is 5.82 Å². The van der Waals surface area contributed by atoms with E-state index in [0.717, 1.165) is 0 Å². The van der Waals surface area contributed by atoms with E-state index in [1.807, 2.05) is 0 Å². The van der Waals surface area contributed by atoms with Gasteiger partial charge in [-0.1, -0.05) is 17.0 Å². The van der Waals surface area contributed by atoms with Gasteiger partial charge in [-0.2, -0.15) is 0 Å². The molecule has 0 fully saturated rings. The van der Waals surface area contributed by atoms with E-state index in [2.05, 4.69) is 26.8 Å². The summed E-state index contributed by atoms with van der Waals surface area (Å²) in [5.74, 6) is 4.27. The summed E-state index contributed by atoms with van der Waals surface area (Å²) < 4.78 is 18.4. The number of hydrogen-bond donors (Lipinski definition) is 2. The predicted octanol–water partition coefficient (Wildman–Crippen LogP) is 1.80. The number of amides is 1. The van der Waals surface area contributed by atoms with Crippen molar-refractivity contribution in [3.8, 4) is 11.8 Å². The van der Waals surface area contributed by atoms with E-state index >= 15 is 0 Å². The minimum absolute atomic E-state index is 0.0479. The predicted molar refractivity (Wildman–Crippen MR) is 69.4 cm³/mol. The average molecular weight is 274 g/mol. The second-order valence-corrected chi connectivity index (χ2v) is 3.81. The molecule has 1 heterocycles. The third-order valence-electron chi connectivity index (χ3n) is 2.36. The maximum absolute atomic E-state index is 13.8. The Morgan fingerprint density at radius 1 is 1.45 bits per heavy atom. The monoisotopic (exact) mass is 274 g/mol. The summed E-state index contributed by atoms with van der Waals surface area (Å²) in [4.78, 5) is 11.8. The molecule has 1 aromatic heterocycles. The third-order valence-corrected chi connectivity index (χ3v) is 2.36. The second-order valence-electron chi connectivity index (χ2n) is 3.81. The second kappa shape index (κ2) is 6.50. The molecule has 0 aliphatic rings. The van der Waals surface area contributed by atoms with Crippen molar-refractivity contribution in [1.82, 2.24) is 5.16 Å². The van der Waals surface area contributed by atoms with Crippen LogP contribution >= 0.6 is 0 Å². The van der Waals surface area contributed by atoms with Crippen molar-refractivity contribution in [2.24, 2.45) is 0 Å². The van der Waals surface area contributed by atoms with E-state index in [1.165, 1.54) is 30.5 Å². The number of nitrogens with zero attached hydrogens (tertiary/aromatic N) is 1. The molecule has 0 spiro atoms. The van der Waals surface area contributed by atoms with Gasteiger partial charge in [-0.25, -0.2) is 4.39 Å². The number of halogens is 1. The minimum Gasteiger partial charge on any atom is -0.395 e. The SMILES string of the molecule is O=C(Nc1ccon1)c1ccc(C#CCCO)cc1F. The summed E-state index contributed by atoms with van der Waals surface area (Å²) in [5.41, 5.74) is 0.328. The highest BCUT2D eigenvalue weighted by molar-refractivity contribution is 6.03. The highest BCUT2D eigenvalue weighted by Gasteiger charge is 2.13. The molecule has 0 unspecified atom stereocenters. The molecule has 102 valence electrons. The first-order valence-electron chi connectivity index (χ1n) is 5.81. The van der Waals surface area contributed by atoms with Gasteiger partial charge in [0.25, 0.3) is 5.91 Å². The van der Waals surface area contributed by atoms with Crippen molar-refractivity contribution in [3.05, 3.63) is 47.5 Å². The molecule has 0 bridgehead atoms. The fourth-order valence-electron chi connectivity index (χ4n) is 1.46. The molecule has 0 saturated carbocycles. The summed E-state index contributed by atoms with van der Waals surface area (Å²) in [6.45, 7) is -0.0479. The van der Waals surface area contributed by atoms with Gasteiger partial charge in [0.05, 0.1) is 12.2 Å². The Morgan fingerprint density at radius 2 is 2.30 bits per heavy atom. The zero-order valence-corrected chi connectivity index (χ0v) is 10.4. The van der Waals surface area contributed by atoms with E-state index < -0.39 is 11.7 Å². The number of hydrogen-bond acceptors (Lipinski definition) is 4. The number of aliphatic hydroxyl groups is 1. The molecule has 1 aromatic carbocycles. The topological polar surface area (TPSA) is 75.4 Å². The number of carbonyl (C=O) groups is 1. The van der Waals surface area contributed by atoms with E-state index in [1.54, 1.807) is 0 Å². The van der Waals surface area contributed by atoms with Gasteiger partial charge in [-0.05, 0) is 18.2 Å². The minimum atomic E-state index is -0.679. The molecule has 0 aliphatic carbocycles. The molecule has 1 amide bonds. The fourth-order valence-corrected chi connectivity index (χ4v) is 1.46. The maximum atomic E-state index is 13.8. The number of carbonyl (C=O) groups excluding carboxylic acids is 1. The number of benzene rings is 1. The van der Waals surface area contributed by atoms with E-state index in [9.17, 15) is 9.18 Å². The van der Waals surface area contributed by atoms with Crippen LogP contribution in [0.2, 0.25) is 0 Å². The summed E-state index contributed by atoms with van der Waals surface area (Å²) >= 11 is 0. The van der Waals surface area contributed by atoms with Crippen LogP contribution in [0.25, 0.3) is 0 Å². The lowest BCUT2D eigenvalue weighted by Crippen LogP contribution is -2.14. The van der Waals surface area contributed by atoms with Crippen LogP contribution in [0.3, 0.4) is 0 Å². The molecule has 0 saturated heterocycles. The summed E-state index contributed by atoms with van der Waals surface area (Å²) in [5, 5.41) is 14.5. The van der Waals surface area contributed by atoms with Crippen molar-refractivity contribution in [2.45, 2.75) is 6.42 Å². The molecular weight excluding hydrogens is 263 g/mol. The van der Waals surface area contributed by atoms with Crippen LogP contribution in [0.4, 0.5) is 10.2 Å². The standard InChI is InChI=1S/C14H11FN2O3/c15-12-9-10(3-1-2-7-18)4-5-11(12)14(19)16-13-6-8-20-17-13/h4-6,8-9,18H,2,7H2,(H,16,17,19). The van der Waals surface area contributed by atoms with Crippen LogP contribution in [0.5, 0.6) is 0 Å². The molecular formula is C14H11FN2O3. The Hall–Kier alpha value is -2.65. The number of rotatable bonds is 3. The number of nitrogens with one attached hydrogen (secondary N) is 1. The van der Waals surface area contributed by atoms with Gasteiger partial charge in [0.2, 0.25) is 0 Å². The smallest absolute Gasteiger partial charge is 0.259 e. The summed E-state index contributed by atoms with van der Waals surface area (Å²) in [7, 11) is 0. The van der Waals surface area contributed by atoms with Crippen molar-refractivity contribution in [3.63, 3.8) is 0 Å². The highest BCUT2D eigenvalue weighted by Crippen LogP contribution is 2.12. The Morgan fingerprint density at radius 3 is 2.95 bits per heavy atom. The van der Waals surface area contributed by atoms with Crippen molar-refractivity contribution in [1.29, 1.82) is 0 Å². The molecule has 2 aromatic rings. The molecule has 2 rings (SSSR count). The summed E-state index contributed by atoms with van der Waals surface area (Å²) in [6, 6.07) is 5.49.